The van der Waals surface area contributed by atoms with Gasteiger partial charge >= 0.3 is 0 Å². The van der Waals surface area contributed by atoms with Gasteiger partial charge in [-0.1, -0.05) is 90.6 Å². The van der Waals surface area contributed by atoms with Crippen LogP contribution in [0, 0.1) is 6.92 Å². The number of hydrogen-bond acceptors (Lipinski definition) is 3. The molecule has 0 radical (unpaired) electrons. The second-order valence-corrected chi connectivity index (χ2v) is 8.55. The number of carbonyl (C=O) groups excluding carboxylic acids is 1. The van der Waals surface area contributed by atoms with Gasteiger partial charge in [-0.15, -0.1) is 0 Å². The number of imidazole rings is 1. The monoisotopic (exact) mass is 441 g/mol. The van der Waals surface area contributed by atoms with Crippen LogP contribution in [0.4, 0.5) is 0 Å². The fraction of sp³-hybridized carbons (Fsp3) is 0.185. The fourth-order valence-electron chi connectivity index (χ4n) is 3.75. The summed E-state index contributed by atoms with van der Waals surface area (Å²) in [7, 11) is 0. The summed E-state index contributed by atoms with van der Waals surface area (Å²) in [5.41, 5.74) is 6.09. The molecular weight excluding hydrogens is 414 g/mol. The molecule has 0 aliphatic rings. The van der Waals surface area contributed by atoms with E-state index in [1.54, 1.807) is 11.8 Å². The van der Waals surface area contributed by atoms with E-state index in [0.717, 1.165) is 51.1 Å². The fourth-order valence-corrected chi connectivity index (χ4v) is 4.67. The molecule has 4 aromatic rings. The van der Waals surface area contributed by atoms with Crippen LogP contribution in [0.1, 0.15) is 22.8 Å². The van der Waals surface area contributed by atoms with E-state index in [1.807, 2.05) is 55.5 Å². The second-order valence-electron chi connectivity index (χ2n) is 7.49. The number of carbonyl (C=O) groups is 1. The lowest BCUT2D eigenvalue weighted by atomic mass is 10.0. The van der Waals surface area contributed by atoms with Gasteiger partial charge in [0, 0.05) is 35.5 Å². The quantitative estimate of drug-likeness (QED) is 0.267. The molecule has 5 heteroatoms. The van der Waals surface area contributed by atoms with Gasteiger partial charge in [0.25, 0.3) is 5.91 Å². The maximum absolute atomic E-state index is 12.5. The van der Waals surface area contributed by atoms with Gasteiger partial charge in [0.2, 0.25) is 0 Å². The summed E-state index contributed by atoms with van der Waals surface area (Å²) in [6.45, 7) is 5.50. The lowest BCUT2D eigenvalue weighted by Crippen LogP contribution is -2.26. The summed E-state index contributed by atoms with van der Waals surface area (Å²) in [4.78, 5) is 17.5. The average Bonchev–Trinajstić information content (AvgIpc) is 3.21. The van der Waals surface area contributed by atoms with Crippen molar-refractivity contribution >= 4 is 17.7 Å². The zero-order chi connectivity index (χ0) is 22.3. The Bertz CT molecular complexity index is 1190. The van der Waals surface area contributed by atoms with Crippen molar-refractivity contribution in [2.45, 2.75) is 25.5 Å². The largest absolute Gasteiger partial charge is 0.351 e. The lowest BCUT2D eigenvalue weighted by molar-refractivity contribution is 0.0955. The Labute approximate surface area is 193 Å². The van der Waals surface area contributed by atoms with E-state index in [4.69, 9.17) is 4.98 Å². The first-order chi connectivity index (χ1) is 15.7. The van der Waals surface area contributed by atoms with E-state index in [1.165, 1.54) is 0 Å². The van der Waals surface area contributed by atoms with Gasteiger partial charge in [0.05, 0.1) is 11.4 Å². The number of rotatable bonds is 8. The Morgan fingerprint density at radius 2 is 1.53 bits per heavy atom. The van der Waals surface area contributed by atoms with Crippen LogP contribution in [-0.2, 0) is 6.54 Å². The van der Waals surface area contributed by atoms with Crippen LogP contribution < -0.4 is 5.32 Å². The third-order valence-corrected chi connectivity index (χ3v) is 6.33. The number of aromatic nitrogens is 2. The molecule has 0 saturated carbocycles. The third kappa shape index (κ3) is 4.78. The van der Waals surface area contributed by atoms with Gasteiger partial charge in [-0.3, -0.25) is 4.79 Å². The summed E-state index contributed by atoms with van der Waals surface area (Å²) in [5, 5.41) is 4.00. The lowest BCUT2D eigenvalue weighted by Gasteiger charge is -2.11. The molecule has 162 valence electrons. The Hall–Kier alpha value is -3.31. The molecule has 4 rings (SSSR count). The van der Waals surface area contributed by atoms with Gasteiger partial charge in [-0.05, 0) is 25.5 Å². The highest BCUT2D eigenvalue weighted by atomic mass is 32.2. The van der Waals surface area contributed by atoms with E-state index in [2.05, 4.69) is 53.2 Å². The number of thioether (sulfide) groups is 1. The Kier molecular flexibility index (Phi) is 7.07. The first-order valence-corrected chi connectivity index (χ1v) is 11.9. The van der Waals surface area contributed by atoms with Crippen molar-refractivity contribution in [1.82, 2.24) is 14.9 Å². The van der Waals surface area contributed by atoms with Gasteiger partial charge in [-0.2, -0.15) is 0 Å². The van der Waals surface area contributed by atoms with Crippen LogP contribution in [-0.4, -0.2) is 27.8 Å². The Balaban J connectivity index is 1.55. The molecule has 1 aromatic heterocycles. The minimum atomic E-state index is -0.0301. The van der Waals surface area contributed by atoms with Crippen molar-refractivity contribution in [2.75, 3.05) is 12.3 Å². The SMILES string of the molecule is CCn1c(SCCNC(=O)c2ccccc2C)nc(-c2ccccc2)c1-c1ccccc1. The van der Waals surface area contributed by atoms with Crippen molar-refractivity contribution < 1.29 is 4.79 Å². The topological polar surface area (TPSA) is 46.9 Å². The molecule has 0 aliphatic heterocycles. The third-order valence-electron chi connectivity index (χ3n) is 5.35. The van der Waals surface area contributed by atoms with Crippen LogP contribution in [0.25, 0.3) is 22.5 Å². The molecule has 0 atom stereocenters. The maximum atomic E-state index is 12.5. The van der Waals surface area contributed by atoms with Crippen molar-refractivity contribution in [2.24, 2.45) is 0 Å². The number of nitrogens with zero attached hydrogens (tertiary/aromatic N) is 2. The summed E-state index contributed by atoms with van der Waals surface area (Å²) in [5.74, 6) is 0.717. The first kappa shape index (κ1) is 21.9. The van der Waals surface area contributed by atoms with E-state index in [0.29, 0.717) is 6.54 Å². The predicted octanol–water partition coefficient (Wildman–Crippen LogP) is 6.07. The molecule has 0 bridgehead atoms. The molecule has 1 heterocycles. The molecule has 32 heavy (non-hydrogen) atoms. The molecule has 0 spiro atoms. The Morgan fingerprint density at radius 1 is 0.906 bits per heavy atom. The molecular formula is C27H27N3OS. The number of benzene rings is 3. The summed E-state index contributed by atoms with van der Waals surface area (Å²) < 4.78 is 2.27. The van der Waals surface area contributed by atoms with Crippen molar-refractivity contribution in [3.8, 4) is 22.5 Å². The van der Waals surface area contributed by atoms with Gasteiger partial charge in [-0.25, -0.2) is 4.98 Å². The molecule has 1 N–H and O–H groups in total. The van der Waals surface area contributed by atoms with Crippen molar-refractivity contribution in [3.05, 3.63) is 96.1 Å². The maximum Gasteiger partial charge on any atom is 0.251 e. The van der Waals surface area contributed by atoms with Gasteiger partial charge in [0.15, 0.2) is 5.16 Å². The van der Waals surface area contributed by atoms with Crippen LogP contribution in [0.2, 0.25) is 0 Å². The smallest absolute Gasteiger partial charge is 0.251 e. The standard InChI is InChI=1S/C27H27N3OS/c1-3-30-25(22-15-8-5-9-16-22)24(21-13-6-4-7-14-21)29-27(30)32-19-18-28-26(31)23-17-11-10-12-20(23)2/h4-17H,3,18-19H2,1-2H3,(H,28,31). The van der Waals surface area contributed by atoms with Crippen molar-refractivity contribution in [3.63, 3.8) is 0 Å². The van der Waals surface area contributed by atoms with Crippen LogP contribution in [0.5, 0.6) is 0 Å². The van der Waals surface area contributed by atoms with E-state index in [-0.39, 0.29) is 5.91 Å². The number of hydrogen-bond donors (Lipinski definition) is 1. The van der Waals surface area contributed by atoms with Gasteiger partial charge in [0.1, 0.15) is 0 Å². The summed E-state index contributed by atoms with van der Waals surface area (Å²) in [6, 6.07) is 28.4. The van der Waals surface area contributed by atoms with Crippen molar-refractivity contribution in [1.29, 1.82) is 0 Å². The highest BCUT2D eigenvalue weighted by Gasteiger charge is 2.19. The number of amides is 1. The average molecular weight is 442 g/mol. The summed E-state index contributed by atoms with van der Waals surface area (Å²) >= 11 is 1.67. The van der Waals surface area contributed by atoms with Crippen LogP contribution >= 0.6 is 11.8 Å². The zero-order valence-corrected chi connectivity index (χ0v) is 19.2. The van der Waals surface area contributed by atoms with Crippen LogP contribution in [0.3, 0.4) is 0 Å². The number of aryl methyl sites for hydroxylation is 1. The van der Waals surface area contributed by atoms with Gasteiger partial charge < -0.3 is 9.88 Å². The minimum absolute atomic E-state index is 0.0301. The molecule has 0 fully saturated rings. The van der Waals surface area contributed by atoms with Crippen LogP contribution in [0.15, 0.2) is 90.1 Å². The normalized spacial score (nSPS) is 10.8. The first-order valence-electron chi connectivity index (χ1n) is 10.9. The second kappa shape index (κ2) is 10.3. The van der Waals surface area contributed by atoms with E-state index in [9.17, 15) is 4.79 Å². The summed E-state index contributed by atoms with van der Waals surface area (Å²) in [6.07, 6.45) is 0. The Morgan fingerprint density at radius 3 is 2.19 bits per heavy atom. The molecule has 0 aliphatic carbocycles. The molecule has 3 aromatic carbocycles. The van der Waals surface area contributed by atoms with E-state index >= 15 is 0 Å². The number of nitrogens with one attached hydrogen (secondary N) is 1. The highest BCUT2D eigenvalue weighted by Crippen LogP contribution is 2.35. The minimum Gasteiger partial charge on any atom is -0.351 e. The molecule has 0 saturated heterocycles. The predicted molar refractivity (Wildman–Crippen MR) is 133 cm³/mol. The molecule has 0 unspecified atom stereocenters. The molecule has 1 amide bonds. The molecule has 4 nitrogen and oxygen atoms in total. The van der Waals surface area contributed by atoms with E-state index < -0.39 is 0 Å². The zero-order valence-electron chi connectivity index (χ0n) is 18.4. The highest BCUT2D eigenvalue weighted by molar-refractivity contribution is 7.99.